The first kappa shape index (κ1) is 21.2. The minimum atomic E-state index is -1.12. The average Bonchev–Trinajstić information content (AvgIpc) is 3.31. The molecular formula is C23H27N7O3. The number of nitrogens with one attached hydrogen (secondary N) is 1. The van der Waals surface area contributed by atoms with E-state index < -0.39 is 18.1 Å². The van der Waals surface area contributed by atoms with Gasteiger partial charge in [0.2, 0.25) is 0 Å². The van der Waals surface area contributed by atoms with E-state index in [-0.39, 0.29) is 0 Å². The number of esters is 1. The van der Waals surface area contributed by atoms with Crippen molar-refractivity contribution in [2.75, 3.05) is 29.4 Å². The molecular weight excluding hydrogens is 422 g/mol. The first-order valence-electron chi connectivity index (χ1n) is 11.0. The van der Waals surface area contributed by atoms with Crippen molar-refractivity contribution in [2.45, 2.75) is 39.5 Å². The highest BCUT2D eigenvalue weighted by Crippen LogP contribution is 2.43. The zero-order chi connectivity index (χ0) is 23.3. The molecule has 5 rings (SSSR count). The number of carbonyl (C=O) groups is 2. The predicted octanol–water partition coefficient (Wildman–Crippen LogP) is 1.19. The van der Waals surface area contributed by atoms with Gasteiger partial charge in [-0.1, -0.05) is 0 Å². The van der Waals surface area contributed by atoms with Gasteiger partial charge in [0.05, 0.1) is 16.9 Å². The molecule has 172 valence electrons. The molecule has 0 aromatic carbocycles. The number of nitrogens with two attached hydrogens (primary N) is 1. The molecule has 3 N–H and O–H groups in total. The van der Waals surface area contributed by atoms with Gasteiger partial charge in [0.25, 0.3) is 0 Å². The van der Waals surface area contributed by atoms with Crippen LogP contribution in [0.5, 0.6) is 0 Å². The zero-order valence-electron chi connectivity index (χ0n) is 18.9. The zero-order valence-corrected chi connectivity index (χ0v) is 18.9. The molecule has 10 nitrogen and oxygen atoms in total. The van der Waals surface area contributed by atoms with Crippen LogP contribution in [0.1, 0.15) is 23.7 Å². The van der Waals surface area contributed by atoms with Crippen LogP contribution in [0.15, 0.2) is 30.6 Å². The van der Waals surface area contributed by atoms with Crippen molar-refractivity contribution in [3.63, 3.8) is 0 Å². The molecule has 1 amide bonds. The van der Waals surface area contributed by atoms with Gasteiger partial charge in [-0.3, -0.25) is 9.69 Å². The lowest BCUT2D eigenvalue weighted by Gasteiger charge is -2.34. The summed E-state index contributed by atoms with van der Waals surface area (Å²) in [5, 5.41) is 7.94. The number of hydrogen-bond donors (Lipinski definition) is 2. The van der Waals surface area contributed by atoms with Crippen molar-refractivity contribution in [3.05, 3.63) is 47.4 Å². The number of ether oxygens (including phenoxy) is 1. The minimum Gasteiger partial charge on any atom is -0.434 e. The lowest BCUT2D eigenvalue weighted by atomic mass is 10.1. The summed E-state index contributed by atoms with van der Waals surface area (Å²) in [7, 11) is 0. The van der Waals surface area contributed by atoms with Gasteiger partial charge >= 0.3 is 11.9 Å². The Kier molecular flexibility index (Phi) is 5.16. The first-order chi connectivity index (χ1) is 15.8. The Morgan fingerprint density at radius 1 is 1.24 bits per heavy atom. The van der Waals surface area contributed by atoms with Crippen LogP contribution in [0, 0.1) is 13.8 Å². The molecule has 0 aliphatic carbocycles. The SMILES string of the molecule is Cc1cc2cc(N3c4nccc(N5CCN[C@H](C)C5)c4CC3OC(=O)C(N)=O)c(C)cn2n1. The normalized spacial score (nSPS) is 20.2. The third kappa shape index (κ3) is 3.76. The van der Waals surface area contributed by atoms with Crippen molar-refractivity contribution >= 4 is 34.6 Å². The number of amides is 1. The number of pyridine rings is 2. The number of carbonyl (C=O) groups excluding carboxylic acids is 2. The third-order valence-electron chi connectivity index (χ3n) is 6.21. The maximum Gasteiger partial charge on any atom is 0.398 e. The van der Waals surface area contributed by atoms with Gasteiger partial charge in [0, 0.05) is 55.7 Å². The molecule has 0 saturated carbocycles. The molecule has 1 fully saturated rings. The van der Waals surface area contributed by atoms with E-state index in [0.717, 1.165) is 53.3 Å². The highest BCUT2D eigenvalue weighted by molar-refractivity contribution is 6.31. The number of fused-ring (bicyclic) bond motifs is 2. The summed E-state index contributed by atoms with van der Waals surface area (Å²) < 4.78 is 7.40. The quantitative estimate of drug-likeness (QED) is 0.452. The van der Waals surface area contributed by atoms with Crippen LogP contribution in [0.3, 0.4) is 0 Å². The van der Waals surface area contributed by atoms with Gasteiger partial charge in [-0.15, -0.1) is 0 Å². The van der Waals surface area contributed by atoms with E-state index in [4.69, 9.17) is 10.5 Å². The molecule has 1 unspecified atom stereocenters. The fourth-order valence-electron chi connectivity index (χ4n) is 4.78. The van der Waals surface area contributed by atoms with Crippen molar-refractivity contribution in [1.29, 1.82) is 0 Å². The van der Waals surface area contributed by atoms with Crippen LogP contribution in [-0.2, 0) is 20.7 Å². The summed E-state index contributed by atoms with van der Waals surface area (Å²) in [4.78, 5) is 32.6. The van der Waals surface area contributed by atoms with Gasteiger partial charge < -0.3 is 20.7 Å². The number of aryl methyl sites for hydroxylation is 2. The standard InChI is InChI=1S/C23H27N7O3/c1-13-11-29-16(8-14(2)27-29)9-19(13)30-20(33-23(32)21(24)31)10-17-18(4-5-26-22(17)30)28-7-6-25-15(3)12-28/h4-5,8-9,11,15,20,25H,6-7,10,12H2,1-3H3,(H2,24,31)/t15-,20?/m1/s1. The lowest BCUT2D eigenvalue weighted by molar-refractivity contribution is -0.157. The van der Waals surface area contributed by atoms with E-state index in [2.05, 4.69) is 27.2 Å². The lowest BCUT2D eigenvalue weighted by Crippen LogP contribution is -2.49. The van der Waals surface area contributed by atoms with Crippen LogP contribution in [0.4, 0.5) is 17.2 Å². The minimum absolute atomic E-state index is 0.360. The maximum atomic E-state index is 12.2. The molecule has 0 radical (unpaired) electrons. The third-order valence-corrected chi connectivity index (χ3v) is 6.21. The summed E-state index contributed by atoms with van der Waals surface area (Å²) in [5.41, 5.74) is 10.8. The molecule has 2 aliphatic heterocycles. The van der Waals surface area contributed by atoms with Crippen LogP contribution in [0.25, 0.3) is 5.52 Å². The van der Waals surface area contributed by atoms with Crippen LogP contribution in [0.2, 0.25) is 0 Å². The molecule has 5 heterocycles. The molecule has 33 heavy (non-hydrogen) atoms. The number of primary amides is 1. The summed E-state index contributed by atoms with van der Waals surface area (Å²) >= 11 is 0. The number of piperazine rings is 1. The Morgan fingerprint density at radius 2 is 2.06 bits per heavy atom. The fraction of sp³-hybridized carbons (Fsp3) is 0.391. The van der Waals surface area contributed by atoms with E-state index in [1.165, 1.54) is 0 Å². The Morgan fingerprint density at radius 3 is 2.82 bits per heavy atom. The van der Waals surface area contributed by atoms with Crippen LogP contribution >= 0.6 is 0 Å². The number of hydrogen-bond acceptors (Lipinski definition) is 8. The molecule has 2 atom stereocenters. The van der Waals surface area contributed by atoms with Gasteiger partial charge in [-0.05, 0) is 44.5 Å². The summed E-state index contributed by atoms with van der Waals surface area (Å²) in [5.74, 6) is -1.47. The Balaban J connectivity index is 1.62. The number of nitrogens with zero attached hydrogens (tertiary/aromatic N) is 5. The second-order valence-corrected chi connectivity index (χ2v) is 8.73. The van der Waals surface area contributed by atoms with Crippen molar-refractivity contribution in [3.8, 4) is 0 Å². The summed E-state index contributed by atoms with van der Waals surface area (Å²) in [6.07, 6.45) is 3.38. The van der Waals surface area contributed by atoms with Gasteiger partial charge in [-0.25, -0.2) is 14.3 Å². The van der Waals surface area contributed by atoms with Gasteiger partial charge in [-0.2, -0.15) is 5.10 Å². The van der Waals surface area contributed by atoms with E-state index >= 15 is 0 Å². The van der Waals surface area contributed by atoms with Crippen molar-refractivity contribution in [1.82, 2.24) is 19.9 Å². The fourth-order valence-corrected chi connectivity index (χ4v) is 4.78. The monoisotopic (exact) mass is 449 g/mol. The van der Waals surface area contributed by atoms with Crippen LogP contribution in [-0.4, -0.2) is 58.4 Å². The highest BCUT2D eigenvalue weighted by atomic mass is 16.6. The van der Waals surface area contributed by atoms with E-state index in [9.17, 15) is 9.59 Å². The average molecular weight is 450 g/mol. The molecule has 1 saturated heterocycles. The van der Waals surface area contributed by atoms with Crippen molar-refractivity contribution < 1.29 is 14.3 Å². The molecule has 2 aliphatic rings. The highest BCUT2D eigenvalue weighted by Gasteiger charge is 2.39. The number of anilines is 3. The molecule has 0 spiro atoms. The summed E-state index contributed by atoms with van der Waals surface area (Å²) in [6.45, 7) is 8.68. The largest absolute Gasteiger partial charge is 0.434 e. The molecule has 3 aromatic heterocycles. The first-order valence-corrected chi connectivity index (χ1v) is 11.0. The van der Waals surface area contributed by atoms with Crippen LogP contribution < -0.4 is 20.9 Å². The Bertz CT molecular complexity index is 1250. The molecule has 3 aromatic rings. The summed E-state index contributed by atoms with van der Waals surface area (Å²) in [6, 6.07) is 6.34. The van der Waals surface area contributed by atoms with E-state index in [1.54, 1.807) is 6.20 Å². The number of rotatable bonds is 3. The van der Waals surface area contributed by atoms with E-state index in [0.29, 0.717) is 18.3 Å². The Labute approximate surface area is 191 Å². The van der Waals surface area contributed by atoms with Gasteiger partial charge in [0.1, 0.15) is 5.82 Å². The smallest absolute Gasteiger partial charge is 0.398 e. The molecule has 0 bridgehead atoms. The molecule has 10 heteroatoms. The second-order valence-electron chi connectivity index (χ2n) is 8.73. The Hall–Kier alpha value is -3.66. The topological polar surface area (TPSA) is 118 Å². The second kappa shape index (κ2) is 8.04. The maximum absolute atomic E-state index is 12.2. The number of aromatic nitrogens is 3. The predicted molar refractivity (Wildman–Crippen MR) is 123 cm³/mol. The van der Waals surface area contributed by atoms with Gasteiger partial charge in [0.15, 0.2) is 6.23 Å². The van der Waals surface area contributed by atoms with Crippen molar-refractivity contribution in [2.24, 2.45) is 5.73 Å². The van der Waals surface area contributed by atoms with E-state index in [1.807, 2.05) is 47.7 Å².